The van der Waals surface area contributed by atoms with Gasteiger partial charge in [0.2, 0.25) is 5.91 Å². The molecule has 5 atom stereocenters. The summed E-state index contributed by atoms with van der Waals surface area (Å²) < 4.78 is 0. The van der Waals surface area contributed by atoms with E-state index in [9.17, 15) is 4.79 Å². The van der Waals surface area contributed by atoms with Crippen molar-refractivity contribution in [3.05, 3.63) is 65.5 Å². The van der Waals surface area contributed by atoms with Gasteiger partial charge in [-0.3, -0.25) is 14.7 Å². The first-order valence-corrected chi connectivity index (χ1v) is 17.8. The second-order valence-electron chi connectivity index (χ2n) is 13.2. The average Bonchev–Trinajstić information content (AvgIpc) is 3.03. The fraction of sp³-hybridized carbons (Fsp3) is 0.647. The lowest BCUT2D eigenvalue weighted by Crippen LogP contribution is -2.55. The first kappa shape index (κ1) is 32.9. The highest BCUT2D eigenvalue weighted by atomic mass is 31.1. The zero-order valence-corrected chi connectivity index (χ0v) is 28.2. The van der Waals surface area contributed by atoms with Crippen molar-refractivity contribution >= 4 is 24.4 Å². The van der Waals surface area contributed by atoms with Gasteiger partial charge in [-0.15, -0.1) is 18.5 Å². The van der Waals surface area contributed by atoms with Gasteiger partial charge < -0.3 is 21.3 Å². The molecule has 1 aliphatic heterocycles. The van der Waals surface area contributed by atoms with Crippen LogP contribution in [0.25, 0.3) is 0 Å². The quantitative estimate of drug-likeness (QED) is 0.222. The van der Waals surface area contributed by atoms with E-state index in [1.165, 1.54) is 29.7 Å². The third-order valence-corrected chi connectivity index (χ3v) is 11.0. The van der Waals surface area contributed by atoms with E-state index in [-0.39, 0.29) is 22.8 Å². The van der Waals surface area contributed by atoms with Crippen LogP contribution in [0.4, 0.5) is 0 Å². The van der Waals surface area contributed by atoms with Crippen molar-refractivity contribution in [2.45, 2.75) is 87.2 Å². The van der Waals surface area contributed by atoms with Crippen LogP contribution in [0.5, 0.6) is 0 Å². The number of piperazine rings is 1. The van der Waals surface area contributed by atoms with Gasteiger partial charge in [0.25, 0.3) is 0 Å². The van der Waals surface area contributed by atoms with Crippen molar-refractivity contribution in [2.24, 2.45) is 11.7 Å². The number of hydrogen-bond acceptors (Lipinski definition) is 6. The predicted octanol–water partition coefficient (Wildman–Crippen LogP) is 4.66. The lowest BCUT2D eigenvalue weighted by Gasteiger charge is -2.41. The smallest absolute Gasteiger partial charge is 0.223 e. The molecule has 43 heavy (non-hydrogen) atoms. The summed E-state index contributed by atoms with van der Waals surface area (Å²) in [5, 5.41) is 7.31. The number of aromatic nitrogens is 1. The van der Waals surface area contributed by atoms with Crippen molar-refractivity contribution < 1.29 is 4.79 Å². The molecule has 2 heterocycles. The Morgan fingerprint density at radius 1 is 1.14 bits per heavy atom. The highest BCUT2D eigenvalue weighted by Crippen LogP contribution is 2.43. The number of nitrogens with one attached hydrogen (secondary N) is 2. The minimum atomic E-state index is 0.0401. The van der Waals surface area contributed by atoms with Crippen LogP contribution >= 0.6 is 18.5 Å². The molecule has 1 saturated heterocycles. The van der Waals surface area contributed by atoms with Gasteiger partial charge in [-0.1, -0.05) is 36.4 Å². The monoisotopic (exact) mass is 624 g/mol. The number of fused-ring (bicyclic) bond motifs is 1. The van der Waals surface area contributed by atoms with Gasteiger partial charge in [-0.25, -0.2) is 0 Å². The van der Waals surface area contributed by atoms with Crippen molar-refractivity contribution in [3.8, 4) is 0 Å². The van der Waals surface area contributed by atoms with Crippen molar-refractivity contribution in [3.63, 3.8) is 0 Å². The Hall–Kier alpha value is -1.46. The Labute approximate surface area is 264 Å². The summed E-state index contributed by atoms with van der Waals surface area (Å²) in [5.74, 6) is 0.348. The van der Waals surface area contributed by atoms with Crippen LogP contribution in [0.1, 0.15) is 86.7 Å². The number of unbranched alkanes of at least 4 members (excludes halogenated alkanes) is 1. The molecule has 1 aromatic heterocycles. The molecule has 1 saturated carbocycles. The Morgan fingerprint density at radius 2 is 1.95 bits per heavy atom. The average molecular weight is 625 g/mol. The number of pyridine rings is 1. The van der Waals surface area contributed by atoms with E-state index >= 15 is 0 Å². The van der Waals surface area contributed by atoms with E-state index in [2.05, 4.69) is 81.4 Å². The van der Waals surface area contributed by atoms with Crippen LogP contribution in [-0.2, 0) is 11.2 Å². The van der Waals surface area contributed by atoms with Crippen molar-refractivity contribution in [1.29, 1.82) is 0 Å². The number of carbonyl (C=O) groups excluding carboxylic acids is 1. The number of nitrogens with zero attached hydrogens (tertiary/aromatic N) is 3. The molecule has 0 radical (unpaired) electrons. The third kappa shape index (κ3) is 9.52. The molecule has 2 fully saturated rings. The van der Waals surface area contributed by atoms with Crippen LogP contribution < -0.4 is 16.4 Å². The van der Waals surface area contributed by atoms with Crippen LogP contribution in [0, 0.1) is 5.92 Å². The summed E-state index contributed by atoms with van der Waals surface area (Å²) in [7, 11) is 5.93. The number of benzene rings is 1. The molecule has 0 bridgehead atoms. The minimum absolute atomic E-state index is 0.0401. The van der Waals surface area contributed by atoms with E-state index in [1.807, 2.05) is 6.20 Å². The standard InChI is InChI=1S/C34H54N6OP2/c35-18-4-5-21-40(31-12-6-10-27-11-7-19-37-32(27)31)25-29-24-39(23-20-36-29)22-15-30(26-8-2-1-3-9-26)38-33(41)28-13-16-34(42,43)17-14-28/h1-3,7-9,11,19,28-31,36H,4-6,10,12-18,20-25,35,42-43H2,(H,38,41)/t29-,30+,31+/m1/s1. The molecule has 2 aromatic rings. The second kappa shape index (κ2) is 16.2. The van der Waals surface area contributed by atoms with Crippen LogP contribution in [0.15, 0.2) is 48.7 Å². The maximum atomic E-state index is 13.4. The molecule has 1 amide bonds. The maximum absolute atomic E-state index is 13.4. The molecule has 5 rings (SSSR count). The summed E-state index contributed by atoms with van der Waals surface area (Å²) >= 11 is 0. The fourth-order valence-electron chi connectivity index (χ4n) is 7.30. The number of amides is 1. The predicted molar refractivity (Wildman–Crippen MR) is 184 cm³/mol. The third-order valence-electron chi connectivity index (χ3n) is 9.84. The summed E-state index contributed by atoms with van der Waals surface area (Å²) in [6, 6.07) is 15.7. The van der Waals surface area contributed by atoms with Gasteiger partial charge in [-0.2, -0.15) is 0 Å². The highest BCUT2D eigenvalue weighted by Gasteiger charge is 2.33. The lowest BCUT2D eigenvalue weighted by molar-refractivity contribution is -0.126. The summed E-state index contributed by atoms with van der Waals surface area (Å²) in [6.07, 6.45) is 12.7. The number of rotatable bonds is 13. The van der Waals surface area contributed by atoms with E-state index in [1.54, 1.807) is 0 Å². The molecule has 1 aromatic carbocycles. The van der Waals surface area contributed by atoms with Gasteiger partial charge >= 0.3 is 0 Å². The molecule has 0 spiro atoms. The largest absolute Gasteiger partial charge is 0.349 e. The molecule has 9 heteroatoms. The van der Waals surface area contributed by atoms with Crippen LogP contribution in [-0.4, -0.2) is 77.4 Å². The minimum Gasteiger partial charge on any atom is -0.349 e. The van der Waals surface area contributed by atoms with E-state index in [0.717, 1.165) is 97.2 Å². The number of hydrogen-bond donors (Lipinski definition) is 3. The molecule has 3 aliphatic rings. The van der Waals surface area contributed by atoms with Gasteiger partial charge in [0.05, 0.1) is 17.8 Å². The maximum Gasteiger partial charge on any atom is 0.223 e. The SMILES string of the molecule is NCCCCN(C[C@H]1CN(CC[C@H](NC(=O)C2CCC(P)(P)CC2)c2ccccc2)CCN1)[C@H]1CCCc2cccnc21. The molecule has 7 nitrogen and oxygen atoms in total. The molecular formula is C34H54N6OP2. The van der Waals surface area contributed by atoms with Crippen molar-refractivity contribution in [1.82, 2.24) is 25.4 Å². The second-order valence-corrected chi connectivity index (χ2v) is 16.1. The molecule has 2 unspecified atom stereocenters. The van der Waals surface area contributed by atoms with Gasteiger partial charge in [0, 0.05) is 50.9 Å². The molecule has 236 valence electrons. The lowest BCUT2D eigenvalue weighted by atomic mass is 9.87. The Balaban J connectivity index is 1.20. The van der Waals surface area contributed by atoms with E-state index in [0.29, 0.717) is 12.1 Å². The van der Waals surface area contributed by atoms with Crippen LogP contribution in [0.3, 0.4) is 0 Å². The van der Waals surface area contributed by atoms with Gasteiger partial charge in [-0.05, 0) is 99.4 Å². The van der Waals surface area contributed by atoms with Crippen LogP contribution in [0.2, 0.25) is 0 Å². The van der Waals surface area contributed by atoms with E-state index in [4.69, 9.17) is 10.7 Å². The highest BCUT2D eigenvalue weighted by molar-refractivity contribution is 7.39. The summed E-state index contributed by atoms with van der Waals surface area (Å²) in [6.45, 7) is 6.88. The first-order valence-electron chi connectivity index (χ1n) is 16.7. The Kier molecular flexibility index (Phi) is 12.4. The summed E-state index contributed by atoms with van der Waals surface area (Å²) in [5.41, 5.74) is 9.79. The van der Waals surface area contributed by atoms with E-state index < -0.39 is 0 Å². The zero-order chi connectivity index (χ0) is 30.1. The molecule has 4 N–H and O–H groups in total. The number of carbonyl (C=O) groups is 1. The number of nitrogens with two attached hydrogens (primary N) is 1. The number of aryl methyl sites for hydroxylation is 1. The topological polar surface area (TPSA) is 86.5 Å². The van der Waals surface area contributed by atoms with Gasteiger partial charge in [0.1, 0.15) is 0 Å². The summed E-state index contributed by atoms with van der Waals surface area (Å²) in [4.78, 5) is 23.8. The normalized spacial score (nSPS) is 23.5. The molecular weight excluding hydrogens is 570 g/mol. The Morgan fingerprint density at radius 3 is 2.74 bits per heavy atom. The van der Waals surface area contributed by atoms with Gasteiger partial charge in [0.15, 0.2) is 0 Å². The Bertz CT molecular complexity index is 1140. The first-order chi connectivity index (χ1) is 20.9. The zero-order valence-electron chi connectivity index (χ0n) is 25.9. The molecule has 2 aliphatic carbocycles. The van der Waals surface area contributed by atoms with Crippen molar-refractivity contribution in [2.75, 3.05) is 45.8 Å². The fourth-order valence-corrected chi connectivity index (χ4v) is 7.97.